The van der Waals surface area contributed by atoms with Gasteiger partial charge >= 0.3 is 0 Å². The molecule has 0 radical (unpaired) electrons. The summed E-state index contributed by atoms with van der Waals surface area (Å²) in [5, 5.41) is 0. The molecule has 2 aromatic rings. The Bertz CT molecular complexity index is 489. The standard InChI is InChI=1S/C14H17N3/c1-10(2)6-11-4-3-5-12(7-11)13-8-16-14(15)17-9-13/h3-5,7-10H,6H2,1-2H3,(H2,15,16,17). The second-order valence-corrected chi connectivity index (χ2v) is 4.63. The van der Waals surface area contributed by atoms with Crippen LogP contribution < -0.4 is 5.73 Å². The summed E-state index contributed by atoms with van der Waals surface area (Å²) in [7, 11) is 0. The second-order valence-electron chi connectivity index (χ2n) is 4.63. The van der Waals surface area contributed by atoms with Gasteiger partial charge in [-0.1, -0.05) is 38.1 Å². The van der Waals surface area contributed by atoms with E-state index < -0.39 is 0 Å². The average Bonchev–Trinajstić information content (AvgIpc) is 2.29. The number of hydrogen-bond donors (Lipinski definition) is 1. The van der Waals surface area contributed by atoms with Crippen LogP contribution in [0.15, 0.2) is 36.7 Å². The Morgan fingerprint density at radius 3 is 2.47 bits per heavy atom. The normalized spacial score (nSPS) is 10.8. The van der Waals surface area contributed by atoms with Crippen molar-refractivity contribution in [2.24, 2.45) is 5.92 Å². The highest BCUT2D eigenvalue weighted by Crippen LogP contribution is 2.20. The van der Waals surface area contributed by atoms with Gasteiger partial charge in [-0.25, -0.2) is 9.97 Å². The van der Waals surface area contributed by atoms with E-state index in [1.165, 1.54) is 5.56 Å². The maximum Gasteiger partial charge on any atom is 0.219 e. The van der Waals surface area contributed by atoms with Crippen LogP contribution in [-0.4, -0.2) is 9.97 Å². The number of benzene rings is 1. The predicted molar refractivity (Wildman–Crippen MR) is 70.4 cm³/mol. The van der Waals surface area contributed by atoms with E-state index in [-0.39, 0.29) is 0 Å². The fraction of sp³-hybridized carbons (Fsp3) is 0.286. The largest absolute Gasteiger partial charge is 0.368 e. The maximum absolute atomic E-state index is 5.48. The molecule has 0 aliphatic rings. The van der Waals surface area contributed by atoms with Gasteiger partial charge in [-0.2, -0.15) is 0 Å². The van der Waals surface area contributed by atoms with Crippen molar-refractivity contribution in [3.05, 3.63) is 42.2 Å². The molecule has 17 heavy (non-hydrogen) atoms. The van der Waals surface area contributed by atoms with Crippen LogP contribution in [0.25, 0.3) is 11.1 Å². The molecule has 1 aromatic heterocycles. The van der Waals surface area contributed by atoms with Crippen molar-refractivity contribution < 1.29 is 0 Å². The van der Waals surface area contributed by atoms with E-state index in [1.54, 1.807) is 12.4 Å². The highest BCUT2D eigenvalue weighted by Gasteiger charge is 2.02. The number of rotatable bonds is 3. The van der Waals surface area contributed by atoms with Gasteiger partial charge in [0.2, 0.25) is 5.95 Å². The lowest BCUT2D eigenvalue weighted by atomic mass is 9.99. The summed E-state index contributed by atoms with van der Waals surface area (Å²) in [4.78, 5) is 8.03. The maximum atomic E-state index is 5.48. The van der Waals surface area contributed by atoms with Crippen LogP contribution in [-0.2, 0) is 6.42 Å². The van der Waals surface area contributed by atoms with Crippen LogP contribution in [0.5, 0.6) is 0 Å². The molecule has 0 saturated carbocycles. The highest BCUT2D eigenvalue weighted by atomic mass is 15.0. The Kier molecular flexibility index (Phi) is 3.38. The van der Waals surface area contributed by atoms with Crippen LogP contribution in [0.1, 0.15) is 19.4 Å². The van der Waals surface area contributed by atoms with Gasteiger partial charge in [0.1, 0.15) is 0 Å². The number of anilines is 1. The molecule has 3 nitrogen and oxygen atoms in total. The van der Waals surface area contributed by atoms with Gasteiger partial charge in [0.25, 0.3) is 0 Å². The lowest BCUT2D eigenvalue weighted by Gasteiger charge is -2.07. The monoisotopic (exact) mass is 227 g/mol. The van der Waals surface area contributed by atoms with Crippen molar-refractivity contribution in [3.8, 4) is 11.1 Å². The zero-order valence-electron chi connectivity index (χ0n) is 10.2. The van der Waals surface area contributed by atoms with E-state index in [0.29, 0.717) is 11.9 Å². The van der Waals surface area contributed by atoms with E-state index in [1.807, 2.05) is 0 Å². The summed E-state index contributed by atoms with van der Waals surface area (Å²) in [5.74, 6) is 0.972. The summed E-state index contributed by atoms with van der Waals surface area (Å²) in [6.07, 6.45) is 4.61. The fourth-order valence-corrected chi connectivity index (χ4v) is 1.84. The van der Waals surface area contributed by atoms with Crippen molar-refractivity contribution in [1.29, 1.82) is 0 Å². The molecule has 0 amide bonds. The minimum absolute atomic E-state index is 0.312. The van der Waals surface area contributed by atoms with Gasteiger partial charge < -0.3 is 5.73 Å². The molecule has 0 bridgehead atoms. The fourth-order valence-electron chi connectivity index (χ4n) is 1.84. The molecule has 1 heterocycles. The zero-order chi connectivity index (χ0) is 12.3. The Hall–Kier alpha value is -1.90. The Morgan fingerprint density at radius 2 is 1.82 bits per heavy atom. The van der Waals surface area contributed by atoms with Crippen molar-refractivity contribution >= 4 is 5.95 Å². The zero-order valence-corrected chi connectivity index (χ0v) is 10.2. The van der Waals surface area contributed by atoms with E-state index in [9.17, 15) is 0 Å². The number of nitrogens with zero attached hydrogens (tertiary/aromatic N) is 2. The highest BCUT2D eigenvalue weighted by molar-refractivity contribution is 5.62. The quantitative estimate of drug-likeness (QED) is 0.877. The molecule has 0 spiro atoms. The van der Waals surface area contributed by atoms with E-state index in [2.05, 4.69) is 48.1 Å². The van der Waals surface area contributed by atoms with Crippen LogP contribution in [0.2, 0.25) is 0 Å². The van der Waals surface area contributed by atoms with Crippen molar-refractivity contribution in [2.45, 2.75) is 20.3 Å². The van der Waals surface area contributed by atoms with E-state index in [0.717, 1.165) is 17.5 Å². The number of hydrogen-bond acceptors (Lipinski definition) is 3. The summed E-state index contributed by atoms with van der Waals surface area (Å²) in [5.41, 5.74) is 8.97. The third kappa shape index (κ3) is 3.03. The summed E-state index contributed by atoms with van der Waals surface area (Å²) in [6, 6.07) is 8.48. The molecular weight excluding hydrogens is 210 g/mol. The van der Waals surface area contributed by atoms with Crippen LogP contribution >= 0.6 is 0 Å². The van der Waals surface area contributed by atoms with Crippen LogP contribution in [0.4, 0.5) is 5.95 Å². The molecule has 0 aliphatic carbocycles. The molecule has 2 rings (SSSR count). The molecule has 2 N–H and O–H groups in total. The van der Waals surface area contributed by atoms with Crippen molar-refractivity contribution in [1.82, 2.24) is 9.97 Å². The van der Waals surface area contributed by atoms with Crippen molar-refractivity contribution in [2.75, 3.05) is 5.73 Å². The van der Waals surface area contributed by atoms with Gasteiger partial charge in [0.05, 0.1) is 0 Å². The Morgan fingerprint density at radius 1 is 1.12 bits per heavy atom. The summed E-state index contributed by atoms with van der Waals surface area (Å²) in [6.45, 7) is 4.44. The molecule has 0 atom stereocenters. The lowest BCUT2D eigenvalue weighted by Crippen LogP contribution is -1.95. The topological polar surface area (TPSA) is 51.8 Å². The molecule has 0 fully saturated rings. The third-order valence-corrected chi connectivity index (χ3v) is 2.58. The molecule has 0 aliphatic heterocycles. The molecular formula is C14H17N3. The SMILES string of the molecule is CC(C)Cc1cccc(-c2cnc(N)nc2)c1. The third-order valence-electron chi connectivity index (χ3n) is 2.58. The Labute approximate surface area is 102 Å². The molecule has 3 heteroatoms. The minimum Gasteiger partial charge on any atom is -0.368 e. The Balaban J connectivity index is 2.29. The first-order valence-corrected chi connectivity index (χ1v) is 5.82. The second kappa shape index (κ2) is 4.95. The summed E-state index contributed by atoms with van der Waals surface area (Å²) < 4.78 is 0. The first-order valence-electron chi connectivity index (χ1n) is 5.82. The van der Waals surface area contributed by atoms with Gasteiger partial charge in [-0.05, 0) is 23.5 Å². The number of aromatic nitrogens is 2. The van der Waals surface area contributed by atoms with Gasteiger partial charge in [0, 0.05) is 18.0 Å². The lowest BCUT2D eigenvalue weighted by molar-refractivity contribution is 0.647. The summed E-state index contributed by atoms with van der Waals surface area (Å²) >= 11 is 0. The first-order chi connectivity index (χ1) is 8.15. The number of nitrogen functional groups attached to an aromatic ring is 1. The van der Waals surface area contributed by atoms with Crippen molar-refractivity contribution in [3.63, 3.8) is 0 Å². The molecule has 0 saturated heterocycles. The first kappa shape index (κ1) is 11.6. The smallest absolute Gasteiger partial charge is 0.219 e. The number of nitrogens with two attached hydrogens (primary N) is 1. The van der Waals surface area contributed by atoms with Gasteiger partial charge in [0.15, 0.2) is 0 Å². The molecule has 0 unspecified atom stereocenters. The van der Waals surface area contributed by atoms with Crippen LogP contribution in [0.3, 0.4) is 0 Å². The van der Waals surface area contributed by atoms with Gasteiger partial charge in [-0.3, -0.25) is 0 Å². The minimum atomic E-state index is 0.312. The predicted octanol–water partition coefficient (Wildman–Crippen LogP) is 2.92. The molecule has 88 valence electrons. The van der Waals surface area contributed by atoms with E-state index >= 15 is 0 Å². The average molecular weight is 227 g/mol. The van der Waals surface area contributed by atoms with Crippen LogP contribution in [0, 0.1) is 5.92 Å². The molecule has 1 aromatic carbocycles. The van der Waals surface area contributed by atoms with E-state index in [4.69, 9.17) is 5.73 Å². The van der Waals surface area contributed by atoms with Gasteiger partial charge in [-0.15, -0.1) is 0 Å².